The third kappa shape index (κ3) is 4.36. The fraction of sp³-hybridized carbons (Fsp3) is 0.154. The number of methoxy groups -OCH3 is 1. The van der Waals surface area contributed by atoms with E-state index in [1.807, 2.05) is 35.9 Å². The topological polar surface area (TPSA) is 69.3 Å². The van der Waals surface area contributed by atoms with Crippen LogP contribution in [0.1, 0.15) is 28.4 Å². The molecule has 0 fully saturated rings. The molecule has 2 aromatic heterocycles. The van der Waals surface area contributed by atoms with Crippen molar-refractivity contribution in [3.8, 4) is 11.4 Å². The van der Waals surface area contributed by atoms with Crippen LogP contribution in [-0.2, 0) is 0 Å². The van der Waals surface area contributed by atoms with Crippen molar-refractivity contribution in [1.82, 2.24) is 14.1 Å². The Morgan fingerprint density at radius 2 is 1.97 bits per heavy atom. The maximum atomic E-state index is 13.3. The van der Waals surface area contributed by atoms with Gasteiger partial charge < -0.3 is 19.0 Å². The predicted octanol–water partition coefficient (Wildman–Crippen LogP) is 4.13. The van der Waals surface area contributed by atoms with E-state index in [1.165, 1.54) is 16.7 Å². The molecule has 0 saturated carbocycles. The molecular formula is C26H24FN3O3. The molecule has 4 aromatic rings. The third-order valence-electron chi connectivity index (χ3n) is 5.58. The van der Waals surface area contributed by atoms with Gasteiger partial charge in [0.2, 0.25) is 0 Å². The van der Waals surface area contributed by atoms with Crippen LogP contribution in [0.4, 0.5) is 4.39 Å². The van der Waals surface area contributed by atoms with Crippen LogP contribution in [0, 0.1) is 12.7 Å². The van der Waals surface area contributed by atoms with Crippen molar-refractivity contribution in [1.29, 1.82) is 0 Å². The summed E-state index contributed by atoms with van der Waals surface area (Å²) in [6.07, 6.45) is 5.21. The Morgan fingerprint density at radius 1 is 1.21 bits per heavy atom. The highest BCUT2D eigenvalue weighted by atomic mass is 19.1. The lowest BCUT2D eigenvalue weighted by atomic mass is 9.99. The van der Waals surface area contributed by atoms with E-state index in [2.05, 4.69) is 11.6 Å². The number of hydrogen-bond donors (Lipinski definition) is 1. The maximum absolute atomic E-state index is 13.3. The van der Waals surface area contributed by atoms with Gasteiger partial charge in [-0.05, 0) is 60.0 Å². The average molecular weight is 445 g/mol. The van der Waals surface area contributed by atoms with Crippen molar-refractivity contribution in [3.05, 3.63) is 118 Å². The van der Waals surface area contributed by atoms with Gasteiger partial charge in [0, 0.05) is 18.0 Å². The summed E-state index contributed by atoms with van der Waals surface area (Å²) in [5.74, 6) is 0.231. The van der Waals surface area contributed by atoms with Gasteiger partial charge in [0.1, 0.15) is 11.6 Å². The Bertz CT molecular complexity index is 1360. The number of hydrogen-bond acceptors (Lipinski definition) is 4. The Balaban J connectivity index is 1.72. The zero-order valence-electron chi connectivity index (χ0n) is 18.4. The van der Waals surface area contributed by atoms with Gasteiger partial charge in [-0.2, -0.15) is 0 Å². The molecule has 2 aromatic carbocycles. The fourth-order valence-corrected chi connectivity index (χ4v) is 3.81. The van der Waals surface area contributed by atoms with Crippen molar-refractivity contribution >= 4 is 5.57 Å². The molecule has 6 nitrogen and oxygen atoms in total. The van der Waals surface area contributed by atoms with E-state index < -0.39 is 6.04 Å². The lowest BCUT2D eigenvalue weighted by molar-refractivity contribution is 0.247. The zero-order valence-corrected chi connectivity index (χ0v) is 18.4. The normalized spacial score (nSPS) is 11.9. The molecule has 1 unspecified atom stereocenters. The van der Waals surface area contributed by atoms with Crippen LogP contribution >= 0.6 is 0 Å². The van der Waals surface area contributed by atoms with Gasteiger partial charge in [-0.25, -0.2) is 9.37 Å². The second-order valence-corrected chi connectivity index (χ2v) is 7.67. The van der Waals surface area contributed by atoms with Gasteiger partial charge in [-0.15, -0.1) is 0 Å². The Hall–Kier alpha value is -3.97. The number of rotatable bonds is 7. The summed E-state index contributed by atoms with van der Waals surface area (Å²) in [5, 5.41) is 9.98. The van der Waals surface area contributed by atoms with Crippen LogP contribution in [0.3, 0.4) is 0 Å². The Morgan fingerprint density at radius 3 is 2.61 bits per heavy atom. The smallest absolute Gasteiger partial charge is 0.259 e. The molecule has 7 heteroatoms. The summed E-state index contributed by atoms with van der Waals surface area (Å²) in [5.41, 5.74) is 3.67. The first-order valence-electron chi connectivity index (χ1n) is 10.4. The lowest BCUT2D eigenvalue weighted by Crippen LogP contribution is -2.29. The summed E-state index contributed by atoms with van der Waals surface area (Å²) in [4.78, 5) is 17.6. The van der Waals surface area contributed by atoms with Crippen LogP contribution in [0.15, 0.2) is 84.7 Å². The Labute approximate surface area is 190 Å². The van der Waals surface area contributed by atoms with Gasteiger partial charge in [0.15, 0.2) is 0 Å². The van der Waals surface area contributed by atoms with Crippen LogP contribution in [0.5, 0.6) is 5.75 Å². The van der Waals surface area contributed by atoms with E-state index in [9.17, 15) is 14.3 Å². The minimum atomic E-state index is -0.646. The monoisotopic (exact) mass is 445 g/mol. The highest BCUT2D eigenvalue weighted by molar-refractivity contribution is 5.79. The van der Waals surface area contributed by atoms with Crippen molar-refractivity contribution in [2.75, 3.05) is 13.7 Å². The highest BCUT2D eigenvalue weighted by Gasteiger charge is 2.18. The number of pyridine rings is 1. The number of halogens is 1. The molecular weight excluding hydrogens is 421 g/mol. The molecule has 0 bridgehead atoms. The number of benzene rings is 2. The Kier molecular flexibility index (Phi) is 6.24. The lowest BCUT2D eigenvalue weighted by Gasteiger charge is -2.19. The summed E-state index contributed by atoms with van der Waals surface area (Å²) in [6, 6.07) is 14.1. The predicted molar refractivity (Wildman–Crippen MR) is 125 cm³/mol. The second-order valence-electron chi connectivity index (χ2n) is 7.67. The molecule has 4 rings (SSSR count). The second kappa shape index (κ2) is 9.26. The zero-order chi connectivity index (χ0) is 23.5. The first-order valence-corrected chi connectivity index (χ1v) is 10.4. The third-order valence-corrected chi connectivity index (χ3v) is 5.58. The molecule has 0 amide bonds. The van der Waals surface area contributed by atoms with Crippen molar-refractivity contribution in [2.45, 2.75) is 13.0 Å². The number of nitrogens with zero attached hydrogens (tertiary/aromatic N) is 3. The van der Waals surface area contributed by atoms with Crippen LogP contribution in [0.25, 0.3) is 11.3 Å². The summed E-state index contributed by atoms with van der Waals surface area (Å²) < 4.78 is 22.2. The SMILES string of the molecule is C=C(c1ccc(-n2cnc(C)c2)c(OC)c1)c1cccn(C(CO)c2ccc(F)cc2)c1=O. The van der Waals surface area contributed by atoms with Crippen LogP contribution in [-0.4, -0.2) is 32.9 Å². The first kappa shape index (κ1) is 22.2. The number of aryl methyl sites for hydroxylation is 1. The standard InChI is InChI=1S/C26H24FN3O3/c1-17-14-29(16-28-17)23-11-8-20(13-25(23)33-3)18(2)22-5-4-12-30(26(22)32)24(15-31)19-6-9-21(27)10-7-19/h4-14,16,24,31H,2,15H2,1,3H3. The van der Waals surface area contributed by atoms with Crippen LogP contribution < -0.4 is 10.3 Å². The number of ether oxygens (including phenoxy) is 1. The molecule has 0 aliphatic heterocycles. The van der Waals surface area contributed by atoms with E-state index in [0.717, 1.165) is 16.9 Å². The van der Waals surface area contributed by atoms with E-state index in [-0.39, 0.29) is 18.0 Å². The quantitative estimate of drug-likeness (QED) is 0.464. The summed E-state index contributed by atoms with van der Waals surface area (Å²) >= 11 is 0. The molecule has 1 atom stereocenters. The number of aromatic nitrogens is 3. The van der Waals surface area contributed by atoms with Gasteiger partial charge in [0.05, 0.1) is 37.5 Å². The van der Waals surface area contributed by atoms with E-state index in [4.69, 9.17) is 4.74 Å². The van der Waals surface area contributed by atoms with E-state index in [0.29, 0.717) is 22.4 Å². The average Bonchev–Trinajstić information content (AvgIpc) is 3.27. The van der Waals surface area contributed by atoms with Crippen molar-refractivity contribution in [2.24, 2.45) is 0 Å². The minimum Gasteiger partial charge on any atom is -0.495 e. The minimum absolute atomic E-state index is 0.306. The van der Waals surface area contributed by atoms with Crippen LogP contribution in [0.2, 0.25) is 0 Å². The summed E-state index contributed by atoms with van der Waals surface area (Å²) in [7, 11) is 1.58. The van der Waals surface area contributed by atoms with E-state index in [1.54, 1.807) is 43.9 Å². The van der Waals surface area contributed by atoms with Crippen molar-refractivity contribution in [3.63, 3.8) is 0 Å². The van der Waals surface area contributed by atoms with Gasteiger partial charge >= 0.3 is 0 Å². The van der Waals surface area contributed by atoms with E-state index >= 15 is 0 Å². The maximum Gasteiger partial charge on any atom is 0.259 e. The molecule has 168 valence electrons. The van der Waals surface area contributed by atoms with Gasteiger partial charge in [-0.3, -0.25) is 4.79 Å². The number of aliphatic hydroxyl groups excluding tert-OH is 1. The molecule has 0 radical (unpaired) electrons. The highest BCUT2D eigenvalue weighted by Crippen LogP contribution is 2.29. The molecule has 33 heavy (non-hydrogen) atoms. The molecule has 0 aliphatic rings. The van der Waals surface area contributed by atoms with Gasteiger partial charge in [-0.1, -0.05) is 24.8 Å². The van der Waals surface area contributed by atoms with Crippen molar-refractivity contribution < 1.29 is 14.2 Å². The molecule has 1 N–H and O–H groups in total. The largest absolute Gasteiger partial charge is 0.495 e. The van der Waals surface area contributed by atoms with Gasteiger partial charge in [0.25, 0.3) is 5.56 Å². The molecule has 0 aliphatic carbocycles. The molecule has 0 spiro atoms. The number of imidazole rings is 1. The first-order chi connectivity index (χ1) is 15.9. The molecule has 0 saturated heterocycles. The molecule has 2 heterocycles. The summed E-state index contributed by atoms with van der Waals surface area (Å²) in [6.45, 7) is 5.75. The fourth-order valence-electron chi connectivity index (χ4n) is 3.81. The number of aliphatic hydroxyl groups is 1.